The van der Waals surface area contributed by atoms with Gasteiger partial charge in [-0.2, -0.15) is 10.5 Å². The van der Waals surface area contributed by atoms with Crippen molar-refractivity contribution < 1.29 is 4.42 Å². The van der Waals surface area contributed by atoms with Gasteiger partial charge in [0.15, 0.2) is 5.58 Å². The molecule has 3 heterocycles. The molecule has 0 atom stereocenters. The van der Waals surface area contributed by atoms with Gasteiger partial charge in [-0.05, 0) is 193 Å². The lowest BCUT2D eigenvalue weighted by Crippen LogP contribution is -2.10. The monoisotopic (exact) mass is 847 g/mol. The van der Waals surface area contributed by atoms with Gasteiger partial charge in [0, 0.05) is 61.7 Å². The third-order valence-corrected chi connectivity index (χ3v) is 13.0. The van der Waals surface area contributed by atoms with Crippen molar-refractivity contribution in [3.05, 3.63) is 209 Å². The summed E-state index contributed by atoms with van der Waals surface area (Å²) in [5, 5.41) is 26.0. The summed E-state index contributed by atoms with van der Waals surface area (Å²) in [5.74, 6) is 0. The average molecular weight is 848 g/mol. The van der Waals surface area contributed by atoms with E-state index in [4.69, 9.17) is 4.42 Å². The number of nitrogens with zero attached hydrogens (tertiary/aromatic N) is 5. The van der Waals surface area contributed by atoms with Crippen molar-refractivity contribution in [2.45, 2.75) is 27.7 Å². The van der Waals surface area contributed by atoms with Gasteiger partial charge >= 0.3 is 0 Å². The Bertz CT molecular complexity index is 3960. The quantitative estimate of drug-likeness (QED) is 0.160. The van der Waals surface area contributed by atoms with Crippen LogP contribution >= 0.6 is 0 Å². The van der Waals surface area contributed by atoms with Crippen LogP contribution in [0.5, 0.6) is 0 Å². The lowest BCUT2D eigenvalue weighted by atomic mass is 9.99. The predicted molar refractivity (Wildman–Crippen MR) is 272 cm³/mol. The van der Waals surface area contributed by atoms with E-state index in [0.29, 0.717) is 11.1 Å². The minimum Gasteiger partial charge on any atom is -0.454 e. The molecular weight excluding hydrogens is 807 g/mol. The van der Waals surface area contributed by atoms with Crippen molar-refractivity contribution in [3.63, 3.8) is 0 Å². The van der Waals surface area contributed by atoms with Crippen LogP contribution in [0.4, 0.5) is 34.1 Å². The van der Waals surface area contributed by atoms with E-state index in [-0.39, 0.29) is 0 Å². The van der Waals surface area contributed by atoms with Crippen molar-refractivity contribution in [2.24, 2.45) is 0 Å². The summed E-state index contributed by atoms with van der Waals surface area (Å²) in [4.78, 5) is 4.52. The van der Waals surface area contributed by atoms with Crippen LogP contribution < -0.4 is 9.80 Å². The zero-order valence-corrected chi connectivity index (χ0v) is 36.9. The summed E-state index contributed by atoms with van der Waals surface area (Å²) in [6.45, 7) is 8.51. The van der Waals surface area contributed by atoms with Gasteiger partial charge in [0.25, 0.3) is 0 Å². The lowest BCUT2D eigenvalue weighted by molar-refractivity contribution is 0.673. The highest BCUT2D eigenvalue weighted by Crippen LogP contribution is 2.48. The van der Waals surface area contributed by atoms with Crippen LogP contribution in [0, 0.1) is 50.4 Å². The van der Waals surface area contributed by atoms with Crippen LogP contribution in [0.1, 0.15) is 33.4 Å². The van der Waals surface area contributed by atoms with Gasteiger partial charge in [-0.3, -0.25) is 0 Å². The molecule has 0 amide bonds. The van der Waals surface area contributed by atoms with Gasteiger partial charge in [0.05, 0.1) is 34.3 Å². The summed E-state index contributed by atoms with van der Waals surface area (Å²) >= 11 is 0. The Morgan fingerprint density at radius 3 is 1.55 bits per heavy atom. The van der Waals surface area contributed by atoms with Gasteiger partial charge in [-0.1, -0.05) is 48.5 Å². The molecule has 0 bridgehead atoms. The summed E-state index contributed by atoms with van der Waals surface area (Å²) in [6, 6.07) is 66.5. The zero-order valence-electron chi connectivity index (χ0n) is 36.9. The largest absolute Gasteiger partial charge is 0.454 e. The highest BCUT2D eigenvalue weighted by Gasteiger charge is 2.25. The Hall–Kier alpha value is -8.84. The molecule has 3 aromatic heterocycles. The summed E-state index contributed by atoms with van der Waals surface area (Å²) < 4.78 is 9.51. The molecule has 312 valence electrons. The Morgan fingerprint density at radius 2 is 0.955 bits per heavy atom. The van der Waals surface area contributed by atoms with E-state index in [0.717, 1.165) is 94.5 Å². The third-order valence-electron chi connectivity index (χ3n) is 13.0. The first-order valence-electron chi connectivity index (χ1n) is 22.2. The molecule has 0 radical (unpaired) electrons. The van der Waals surface area contributed by atoms with E-state index >= 15 is 0 Å². The number of nitriles is 2. The van der Waals surface area contributed by atoms with Gasteiger partial charge in [0.2, 0.25) is 0 Å². The van der Waals surface area contributed by atoms with Crippen molar-refractivity contribution in [2.75, 3.05) is 9.80 Å². The van der Waals surface area contributed by atoms with Crippen molar-refractivity contribution >= 4 is 94.2 Å². The second-order valence-electron chi connectivity index (χ2n) is 17.7. The SMILES string of the molecule is Cc1cc(C)cc(N(c2ccc(C#N)cc2)c2ccc3cc4c5cc(-c6ccccc6)cc6c7oc8cc(N(c9ccc(C#N)cc9)c9cc(C)cc(C)c9)ccc8c7n(c4cc3c2)c56)c1. The standard InChI is InChI=1S/C60H41N5O/c1-36-22-37(2)25-50(24-36)63(46-15-10-40(34-61)11-16-46)48-19-14-43-29-53-54-30-45(42-8-6-5-7-9-42)31-55-58(54)65(56(53)32-44(43)28-48)59-52-21-20-49(33-57(52)66-60(55)59)64(47-17-12-41(35-62)13-18-47)51-26-38(3)23-39(4)27-51/h5-33H,1-4H3. The fraction of sp³-hybridized carbons (Fsp3) is 0.0667. The van der Waals surface area contributed by atoms with E-state index in [1.54, 1.807) is 0 Å². The van der Waals surface area contributed by atoms with Crippen LogP contribution in [-0.2, 0) is 0 Å². The number of fused-ring (bicyclic) bond motifs is 9. The first-order chi connectivity index (χ1) is 32.2. The number of benzene rings is 9. The molecule has 66 heavy (non-hydrogen) atoms. The second kappa shape index (κ2) is 14.9. The molecule has 0 aliphatic rings. The molecule has 0 N–H and O–H groups in total. The minimum absolute atomic E-state index is 0.616. The summed E-state index contributed by atoms with van der Waals surface area (Å²) in [5.41, 5.74) is 19.2. The normalized spacial score (nSPS) is 11.6. The Kier molecular flexibility index (Phi) is 8.75. The minimum atomic E-state index is 0.616. The molecule has 0 saturated heterocycles. The molecule has 0 unspecified atom stereocenters. The molecule has 0 fully saturated rings. The van der Waals surface area contributed by atoms with E-state index in [2.05, 4.69) is 181 Å². The molecule has 9 aromatic carbocycles. The fourth-order valence-corrected chi connectivity index (χ4v) is 10.3. The van der Waals surface area contributed by atoms with Gasteiger partial charge in [-0.15, -0.1) is 0 Å². The van der Waals surface area contributed by atoms with Crippen LogP contribution in [0.15, 0.2) is 180 Å². The number of anilines is 6. The number of rotatable bonds is 7. The van der Waals surface area contributed by atoms with Crippen molar-refractivity contribution in [1.29, 1.82) is 10.5 Å². The van der Waals surface area contributed by atoms with E-state index in [1.807, 2.05) is 48.5 Å². The van der Waals surface area contributed by atoms with Crippen molar-refractivity contribution in [1.82, 2.24) is 4.40 Å². The fourth-order valence-electron chi connectivity index (χ4n) is 10.3. The number of furan rings is 1. The number of aryl methyl sites for hydroxylation is 4. The highest BCUT2D eigenvalue weighted by atomic mass is 16.3. The Labute approximate surface area is 382 Å². The molecule has 6 nitrogen and oxygen atoms in total. The number of aromatic nitrogens is 1. The Balaban J connectivity index is 1.10. The molecule has 0 aliphatic heterocycles. The van der Waals surface area contributed by atoms with Crippen LogP contribution in [-0.4, -0.2) is 4.40 Å². The lowest BCUT2D eigenvalue weighted by Gasteiger charge is -2.26. The Morgan fingerprint density at radius 1 is 0.409 bits per heavy atom. The molecule has 12 rings (SSSR count). The first-order valence-corrected chi connectivity index (χ1v) is 22.2. The number of hydrogen-bond donors (Lipinski definition) is 0. The van der Waals surface area contributed by atoms with Gasteiger partial charge in [0.1, 0.15) is 11.1 Å². The average Bonchev–Trinajstić information content (AvgIpc) is 3.96. The first kappa shape index (κ1) is 38.8. The zero-order chi connectivity index (χ0) is 44.8. The topological polar surface area (TPSA) is 71.6 Å². The molecular formula is C60H41N5O. The van der Waals surface area contributed by atoms with Gasteiger partial charge < -0.3 is 18.6 Å². The summed E-state index contributed by atoms with van der Waals surface area (Å²) in [6.07, 6.45) is 0. The maximum Gasteiger partial charge on any atom is 0.161 e. The molecule has 12 aromatic rings. The molecule has 6 heteroatoms. The molecule has 0 aliphatic carbocycles. The van der Waals surface area contributed by atoms with Crippen LogP contribution in [0.25, 0.3) is 71.2 Å². The van der Waals surface area contributed by atoms with Crippen LogP contribution in [0.3, 0.4) is 0 Å². The summed E-state index contributed by atoms with van der Waals surface area (Å²) in [7, 11) is 0. The highest BCUT2D eigenvalue weighted by molar-refractivity contribution is 6.28. The number of hydrogen-bond acceptors (Lipinski definition) is 5. The molecule has 0 saturated carbocycles. The van der Waals surface area contributed by atoms with E-state index < -0.39 is 0 Å². The second-order valence-corrected chi connectivity index (χ2v) is 17.7. The predicted octanol–water partition coefficient (Wildman–Crippen LogP) is 16.3. The smallest absolute Gasteiger partial charge is 0.161 e. The van der Waals surface area contributed by atoms with Crippen LogP contribution in [0.2, 0.25) is 0 Å². The van der Waals surface area contributed by atoms with Crippen molar-refractivity contribution in [3.8, 4) is 23.3 Å². The van der Waals surface area contributed by atoms with Gasteiger partial charge in [-0.25, -0.2) is 0 Å². The van der Waals surface area contributed by atoms with E-state index in [9.17, 15) is 10.5 Å². The molecule has 0 spiro atoms. The third kappa shape index (κ3) is 6.23. The maximum absolute atomic E-state index is 9.63. The maximum atomic E-state index is 9.63. The van der Waals surface area contributed by atoms with E-state index in [1.165, 1.54) is 33.0 Å².